The number of hydrogen-bond acceptors (Lipinski definition) is 3. The van der Waals surface area contributed by atoms with Gasteiger partial charge in [0.2, 0.25) is 5.91 Å². The van der Waals surface area contributed by atoms with Crippen LogP contribution in [0.3, 0.4) is 0 Å². The van der Waals surface area contributed by atoms with Crippen molar-refractivity contribution in [2.45, 2.75) is 52.6 Å². The lowest BCUT2D eigenvalue weighted by Crippen LogP contribution is -2.42. The van der Waals surface area contributed by atoms with Crippen molar-refractivity contribution in [2.24, 2.45) is 5.92 Å². The van der Waals surface area contributed by atoms with E-state index in [2.05, 4.69) is 38.1 Å². The summed E-state index contributed by atoms with van der Waals surface area (Å²) in [6.45, 7) is 7.14. The van der Waals surface area contributed by atoms with E-state index in [-0.39, 0.29) is 17.5 Å². The molecule has 1 amide bonds. The molecular weight excluding hydrogens is 398 g/mol. The summed E-state index contributed by atoms with van der Waals surface area (Å²) in [7, 11) is 0. The van der Waals surface area contributed by atoms with Crippen molar-refractivity contribution in [1.82, 2.24) is 14.5 Å². The molecule has 166 valence electrons. The number of hydrogen-bond donors (Lipinski definition) is 0. The van der Waals surface area contributed by atoms with Crippen LogP contribution in [0.25, 0.3) is 0 Å². The third-order valence-electron chi connectivity index (χ3n) is 6.22. The zero-order chi connectivity index (χ0) is 22.7. The Morgan fingerprint density at radius 1 is 1.00 bits per heavy atom. The first kappa shape index (κ1) is 22.0. The lowest BCUT2D eigenvalue weighted by atomic mass is 9.97. The summed E-state index contributed by atoms with van der Waals surface area (Å²) in [6.07, 6.45) is 1.98. The van der Waals surface area contributed by atoms with E-state index in [1.165, 1.54) is 0 Å². The highest BCUT2D eigenvalue weighted by molar-refractivity contribution is 5.76. The smallest absolute Gasteiger partial charge is 0.257 e. The summed E-state index contributed by atoms with van der Waals surface area (Å²) in [4.78, 5) is 33.1. The van der Waals surface area contributed by atoms with Gasteiger partial charge in [-0.25, -0.2) is 4.98 Å². The predicted molar refractivity (Wildman–Crippen MR) is 127 cm³/mol. The lowest BCUT2D eigenvalue weighted by Gasteiger charge is -2.30. The van der Waals surface area contributed by atoms with Crippen molar-refractivity contribution in [3.05, 3.63) is 99.2 Å². The number of carbonyl (C=O) groups is 1. The Kier molecular flexibility index (Phi) is 6.54. The van der Waals surface area contributed by atoms with Crippen LogP contribution >= 0.6 is 0 Å². The summed E-state index contributed by atoms with van der Waals surface area (Å²) in [5, 5.41) is 0. The first-order valence-corrected chi connectivity index (χ1v) is 11.4. The second-order valence-corrected chi connectivity index (χ2v) is 8.98. The van der Waals surface area contributed by atoms with Gasteiger partial charge in [0.1, 0.15) is 5.82 Å². The second-order valence-electron chi connectivity index (χ2n) is 8.98. The Balaban J connectivity index is 1.72. The number of fused-ring (bicyclic) bond motifs is 1. The molecule has 2 aromatic carbocycles. The molecule has 32 heavy (non-hydrogen) atoms. The molecule has 0 unspecified atom stereocenters. The summed E-state index contributed by atoms with van der Waals surface area (Å²) < 4.78 is 1.82. The van der Waals surface area contributed by atoms with E-state index < -0.39 is 0 Å². The van der Waals surface area contributed by atoms with Crippen molar-refractivity contribution < 1.29 is 4.79 Å². The van der Waals surface area contributed by atoms with Gasteiger partial charge in [-0.2, -0.15) is 0 Å². The van der Waals surface area contributed by atoms with Gasteiger partial charge in [0, 0.05) is 18.5 Å². The van der Waals surface area contributed by atoms with Gasteiger partial charge in [-0.3, -0.25) is 14.2 Å². The van der Waals surface area contributed by atoms with Crippen LogP contribution in [0, 0.1) is 12.8 Å². The van der Waals surface area contributed by atoms with E-state index in [1.807, 2.05) is 52.8 Å². The number of aromatic nitrogens is 2. The molecular formula is C27H31N3O2. The Morgan fingerprint density at radius 2 is 1.59 bits per heavy atom. The van der Waals surface area contributed by atoms with Crippen molar-refractivity contribution in [2.75, 3.05) is 6.54 Å². The van der Waals surface area contributed by atoms with Crippen molar-refractivity contribution in [1.29, 1.82) is 0 Å². The van der Waals surface area contributed by atoms with Crippen LogP contribution in [0.4, 0.5) is 0 Å². The number of amides is 1. The maximum Gasteiger partial charge on any atom is 0.257 e. The fourth-order valence-electron chi connectivity index (χ4n) is 4.47. The van der Waals surface area contributed by atoms with Crippen LogP contribution in [0.15, 0.2) is 65.5 Å². The fourth-order valence-corrected chi connectivity index (χ4v) is 4.47. The average Bonchev–Trinajstić information content (AvgIpc) is 2.81. The van der Waals surface area contributed by atoms with Crippen molar-refractivity contribution >= 4 is 5.91 Å². The minimum Gasteiger partial charge on any atom is -0.336 e. The van der Waals surface area contributed by atoms with Gasteiger partial charge in [0.15, 0.2) is 0 Å². The number of aryl methyl sites for hydroxylation is 1. The molecule has 1 aliphatic rings. The highest BCUT2D eigenvalue weighted by Gasteiger charge is 2.28. The molecule has 0 bridgehead atoms. The number of rotatable bonds is 6. The van der Waals surface area contributed by atoms with Crippen LogP contribution in [-0.2, 0) is 17.8 Å². The Hall–Kier alpha value is -3.21. The van der Waals surface area contributed by atoms with Crippen LogP contribution < -0.4 is 5.56 Å². The standard InChI is InChI=1S/C27H31N3O2/c1-19(2)14-15-25(31)29-17-16-23-24(18-29)28-20(3)30(27(23)32)26(21-10-6-4-7-11-21)22-12-8-5-9-13-22/h4-13,19,26H,14-18H2,1-3H3. The summed E-state index contributed by atoms with van der Waals surface area (Å²) >= 11 is 0. The van der Waals surface area contributed by atoms with Gasteiger partial charge in [-0.1, -0.05) is 74.5 Å². The Morgan fingerprint density at radius 3 is 2.16 bits per heavy atom. The van der Waals surface area contributed by atoms with Crippen LogP contribution in [0.5, 0.6) is 0 Å². The third-order valence-corrected chi connectivity index (χ3v) is 6.22. The lowest BCUT2D eigenvalue weighted by molar-refractivity contribution is -0.132. The van der Waals surface area contributed by atoms with Gasteiger partial charge in [-0.15, -0.1) is 0 Å². The van der Waals surface area contributed by atoms with E-state index in [4.69, 9.17) is 4.98 Å². The molecule has 4 rings (SSSR count). The van der Waals surface area contributed by atoms with Gasteiger partial charge in [0.05, 0.1) is 18.3 Å². The van der Waals surface area contributed by atoms with Crippen molar-refractivity contribution in [3.8, 4) is 0 Å². The first-order chi connectivity index (χ1) is 15.5. The summed E-state index contributed by atoms with van der Waals surface area (Å²) in [5.74, 6) is 1.32. The topological polar surface area (TPSA) is 55.2 Å². The van der Waals surface area contributed by atoms with Gasteiger partial charge in [-0.05, 0) is 36.8 Å². The molecule has 0 spiro atoms. The molecule has 0 saturated heterocycles. The highest BCUT2D eigenvalue weighted by atomic mass is 16.2. The molecule has 0 atom stereocenters. The first-order valence-electron chi connectivity index (χ1n) is 11.4. The molecule has 0 fully saturated rings. The number of nitrogens with zero attached hydrogens (tertiary/aromatic N) is 3. The zero-order valence-electron chi connectivity index (χ0n) is 19.1. The molecule has 1 aliphatic heterocycles. The zero-order valence-corrected chi connectivity index (χ0v) is 19.1. The van der Waals surface area contributed by atoms with Gasteiger partial charge in [0.25, 0.3) is 5.56 Å². The molecule has 0 radical (unpaired) electrons. The summed E-state index contributed by atoms with van der Waals surface area (Å²) in [5.41, 5.74) is 3.58. The van der Waals surface area contributed by atoms with E-state index in [9.17, 15) is 9.59 Å². The maximum absolute atomic E-state index is 13.7. The van der Waals surface area contributed by atoms with Crippen LogP contribution in [0.1, 0.15) is 60.9 Å². The molecule has 0 N–H and O–H groups in total. The molecule has 2 heterocycles. The average molecular weight is 430 g/mol. The maximum atomic E-state index is 13.7. The van der Waals surface area contributed by atoms with E-state index >= 15 is 0 Å². The molecule has 5 heteroatoms. The second kappa shape index (κ2) is 9.51. The number of benzene rings is 2. The minimum absolute atomic E-state index is 0.000476. The predicted octanol–water partition coefficient (Wildman–Crippen LogP) is 4.51. The molecule has 1 aromatic heterocycles. The number of carbonyl (C=O) groups excluding carboxylic acids is 1. The molecule has 0 saturated carbocycles. The van der Waals surface area contributed by atoms with Gasteiger partial charge >= 0.3 is 0 Å². The fraction of sp³-hybridized carbons (Fsp3) is 0.370. The van der Waals surface area contributed by atoms with E-state index in [0.717, 1.165) is 28.8 Å². The monoisotopic (exact) mass is 429 g/mol. The quantitative estimate of drug-likeness (QED) is 0.579. The normalized spacial score (nSPS) is 13.5. The molecule has 3 aromatic rings. The highest BCUT2D eigenvalue weighted by Crippen LogP contribution is 2.27. The van der Waals surface area contributed by atoms with E-state index in [0.29, 0.717) is 37.7 Å². The largest absolute Gasteiger partial charge is 0.336 e. The van der Waals surface area contributed by atoms with E-state index in [1.54, 1.807) is 0 Å². The third kappa shape index (κ3) is 4.52. The van der Waals surface area contributed by atoms with Crippen LogP contribution in [0.2, 0.25) is 0 Å². The van der Waals surface area contributed by atoms with Crippen molar-refractivity contribution in [3.63, 3.8) is 0 Å². The van der Waals surface area contributed by atoms with Gasteiger partial charge < -0.3 is 4.90 Å². The molecule has 0 aliphatic carbocycles. The van der Waals surface area contributed by atoms with Crippen LogP contribution in [-0.4, -0.2) is 26.9 Å². The molecule has 5 nitrogen and oxygen atoms in total. The Labute approximate surface area is 189 Å². The Bertz CT molecular complexity index is 1100. The SMILES string of the molecule is Cc1nc2c(c(=O)n1C(c1ccccc1)c1ccccc1)CCN(C(=O)CCC(C)C)C2. The summed E-state index contributed by atoms with van der Waals surface area (Å²) in [6, 6.07) is 19.9. The minimum atomic E-state index is -0.242.